The van der Waals surface area contributed by atoms with Crippen LogP contribution in [0, 0.1) is 11.8 Å². The van der Waals surface area contributed by atoms with Gasteiger partial charge in [0.15, 0.2) is 0 Å². The lowest BCUT2D eigenvalue weighted by molar-refractivity contribution is 0.0776. The molecule has 1 fully saturated rings. The summed E-state index contributed by atoms with van der Waals surface area (Å²) in [5.74, 6) is 2.34. The predicted octanol–water partition coefficient (Wildman–Crippen LogP) is 3.95. The van der Waals surface area contributed by atoms with E-state index in [1.54, 1.807) is 0 Å². The third kappa shape index (κ3) is 1.99. The van der Waals surface area contributed by atoms with Crippen LogP contribution in [-0.4, -0.2) is 12.1 Å². The van der Waals surface area contributed by atoms with E-state index in [1.165, 1.54) is 6.42 Å². The molecule has 3 heteroatoms. The summed E-state index contributed by atoms with van der Waals surface area (Å²) >= 11 is 6.02. The Labute approximate surface area is 107 Å². The van der Waals surface area contributed by atoms with Crippen LogP contribution in [0.4, 0.5) is 5.69 Å². The summed E-state index contributed by atoms with van der Waals surface area (Å²) in [6, 6.07) is 6.23. The van der Waals surface area contributed by atoms with Crippen molar-refractivity contribution >= 4 is 17.3 Å². The molecule has 1 aliphatic heterocycles. The third-order valence-electron chi connectivity index (χ3n) is 3.96. The van der Waals surface area contributed by atoms with Crippen molar-refractivity contribution in [1.29, 1.82) is 0 Å². The molecule has 2 nitrogen and oxygen atoms in total. The maximum absolute atomic E-state index is 6.11. The van der Waals surface area contributed by atoms with E-state index < -0.39 is 0 Å². The molecule has 1 saturated carbocycles. The van der Waals surface area contributed by atoms with Crippen molar-refractivity contribution in [2.45, 2.75) is 38.8 Å². The number of hydrogen-bond donors (Lipinski definition) is 1. The van der Waals surface area contributed by atoms with Crippen molar-refractivity contribution < 1.29 is 4.74 Å². The minimum Gasteiger partial charge on any atom is -0.486 e. The van der Waals surface area contributed by atoms with E-state index in [-0.39, 0.29) is 0 Å². The normalized spacial score (nSPS) is 35.2. The van der Waals surface area contributed by atoms with E-state index in [4.69, 9.17) is 16.3 Å². The van der Waals surface area contributed by atoms with Crippen LogP contribution in [0.2, 0.25) is 5.02 Å². The van der Waals surface area contributed by atoms with Crippen LogP contribution >= 0.6 is 11.6 Å². The Morgan fingerprint density at radius 3 is 2.94 bits per heavy atom. The van der Waals surface area contributed by atoms with Gasteiger partial charge in [-0.2, -0.15) is 0 Å². The van der Waals surface area contributed by atoms with Gasteiger partial charge in [0.25, 0.3) is 0 Å². The lowest BCUT2D eigenvalue weighted by Crippen LogP contribution is -2.49. The van der Waals surface area contributed by atoms with E-state index in [9.17, 15) is 0 Å². The molecule has 2 aliphatic rings. The van der Waals surface area contributed by atoms with Gasteiger partial charge in [-0.1, -0.05) is 25.4 Å². The van der Waals surface area contributed by atoms with Gasteiger partial charge in [-0.3, -0.25) is 0 Å². The molecule has 1 N–H and O–H groups in total. The molecule has 1 aromatic carbocycles. The number of halogens is 1. The van der Waals surface area contributed by atoms with Crippen molar-refractivity contribution in [1.82, 2.24) is 0 Å². The molecule has 17 heavy (non-hydrogen) atoms. The van der Waals surface area contributed by atoms with Crippen molar-refractivity contribution in [2.75, 3.05) is 5.32 Å². The Balaban J connectivity index is 1.91. The molecule has 0 amide bonds. The maximum Gasteiger partial charge on any atom is 0.143 e. The second-order valence-electron chi connectivity index (χ2n) is 5.52. The topological polar surface area (TPSA) is 21.3 Å². The molecule has 0 spiro atoms. The number of nitrogens with one attached hydrogen (secondary N) is 1. The molecule has 92 valence electrons. The first-order chi connectivity index (χ1) is 8.13. The second kappa shape index (κ2) is 4.09. The summed E-state index contributed by atoms with van der Waals surface area (Å²) < 4.78 is 6.11. The maximum atomic E-state index is 6.11. The van der Waals surface area contributed by atoms with Crippen molar-refractivity contribution in [3.05, 3.63) is 23.2 Å². The highest BCUT2D eigenvalue weighted by molar-refractivity contribution is 6.30. The van der Waals surface area contributed by atoms with E-state index in [0.717, 1.165) is 28.8 Å². The average molecular weight is 252 g/mol. The Hall–Kier alpha value is -0.890. The van der Waals surface area contributed by atoms with E-state index >= 15 is 0 Å². The van der Waals surface area contributed by atoms with Crippen LogP contribution in [0.1, 0.15) is 26.7 Å². The van der Waals surface area contributed by atoms with Crippen molar-refractivity contribution in [3.8, 4) is 5.75 Å². The number of benzene rings is 1. The molecular formula is C14H18ClNO. The molecule has 4 unspecified atom stereocenters. The molecule has 0 aromatic heterocycles. The third-order valence-corrected chi connectivity index (χ3v) is 4.20. The molecule has 0 radical (unpaired) electrons. The summed E-state index contributed by atoms with van der Waals surface area (Å²) in [4.78, 5) is 0. The fourth-order valence-corrected chi connectivity index (χ4v) is 3.38. The fraction of sp³-hybridized carbons (Fsp3) is 0.571. The van der Waals surface area contributed by atoms with Gasteiger partial charge < -0.3 is 10.1 Å². The zero-order valence-corrected chi connectivity index (χ0v) is 11.0. The van der Waals surface area contributed by atoms with Gasteiger partial charge in [-0.15, -0.1) is 0 Å². The number of hydrogen-bond acceptors (Lipinski definition) is 2. The Bertz CT molecular complexity index is 434. The standard InChI is InChI=1S/C14H18ClNO/c1-8-5-9(2)14-13(6-8)17-12-4-3-10(15)7-11(12)16-14/h3-4,7-9,13-14,16H,5-6H2,1-2H3. The van der Waals surface area contributed by atoms with Gasteiger partial charge in [0.1, 0.15) is 11.9 Å². The minimum absolute atomic E-state index is 0.308. The molecule has 0 bridgehead atoms. The van der Waals surface area contributed by atoms with Crippen LogP contribution in [0.5, 0.6) is 5.75 Å². The quantitative estimate of drug-likeness (QED) is 0.754. The number of ether oxygens (including phenoxy) is 1. The SMILES string of the molecule is CC1CC(C)C2Nc3cc(Cl)ccc3OC2C1. The summed E-state index contributed by atoms with van der Waals surface area (Å²) in [6.45, 7) is 4.62. The highest BCUT2D eigenvalue weighted by Gasteiger charge is 2.38. The zero-order valence-electron chi connectivity index (χ0n) is 10.2. The molecule has 1 aromatic rings. The van der Waals surface area contributed by atoms with Crippen molar-refractivity contribution in [2.24, 2.45) is 11.8 Å². The smallest absolute Gasteiger partial charge is 0.143 e. The minimum atomic E-state index is 0.308. The number of rotatable bonds is 0. The molecule has 0 saturated heterocycles. The first-order valence-corrected chi connectivity index (χ1v) is 6.74. The monoisotopic (exact) mass is 251 g/mol. The Morgan fingerprint density at radius 1 is 1.29 bits per heavy atom. The van der Waals surface area contributed by atoms with E-state index in [2.05, 4.69) is 19.2 Å². The summed E-state index contributed by atoms with van der Waals surface area (Å²) in [7, 11) is 0. The van der Waals surface area contributed by atoms with Gasteiger partial charge in [-0.05, 0) is 42.9 Å². The summed E-state index contributed by atoms with van der Waals surface area (Å²) in [5.41, 5.74) is 1.04. The molecule has 1 heterocycles. The predicted molar refractivity (Wildman–Crippen MR) is 70.8 cm³/mol. The molecule has 3 rings (SSSR count). The van der Waals surface area contributed by atoms with E-state index in [0.29, 0.717) is 18.1 Å². The molecule has 1 aliphatic carbocycles. The first-order valence-electron chi connectivity index (χ1n) is 6.36. The van der Waals surface area contributed by atoms with Crippen LogP contribution in [0.15, 0.2) is 18.2 Å². The fourth-order valence-electron chi connectivity index (χ4n) is 3.20. The molecule has 4 atom stereocenters. The number of fused-ring (bicyclic) bond motifs is 2. The highest BCUT2D eigenvalue weighted by Crippen LogP contribution is 2.41. The lowest BCUT2D eigenvalue weighted by Gasteiger charge is -2.43. The highest BCUT2D eigenvalue weighted by atomic mass is 35.5. The summed E-state index contributed by atoms with van der Waals surface area (Å²) in [6.07, 6.45) is 2.72. The molecular weight excluding hydrogens is 234 g/mol. The lowest BCUT2D eigenvalue weighted by atomic mass is 9.77. The van der Waals surface area contributed by atoms with Gasteiger partial charge in [0.05, 0.1) is 11.7 Å². The number of anilines is 1. The summed E-state index contributed by atoms with van der Waals surface area (Å²) in [5, 5.41) is 4.36. The van der Waals surface area contributed by atoms with Gasteiger partial charge in [0, 0.05) is 5.02 Å². The van der Waals surface area contributed by atoms with E-state index in [1.807, 2.05) is 18.2 Å². The van der Waals surface area contributed by atoms with Crippen LogP contribution in [-0.2, 0) is 0 Å². The van der Waals surface area contributed by atoms with Gasteiger partial charge in [0.2, 0.25) is 0 Å². The Kier molecular flexibility index (Phi) is 2.70. The van der Waals surface area contributed by atoms with Crippen LogP contribution < -0.4 is 10.1 Å². The van der Waals surface area contributed by atoms with Gasteiger partial charge in [-0.25, -0.2) is 0 Å². The second-order valence-corrected chi connectivity index (χ2v) is 5.96. The first kappa shape index (κ1) is 11.2. The van der Waals surface area contributed by atoms with Gasteiger partial charge >= 0.3 is 0 Å². The van der Waals surface area contributed by atoms with Crippen molar-refractivity contribution in [3.63, 3.8) is 0 Å². The van der Waals surface area contributed by atoms with Crippen LogP contribution in [0.3, 0.4) is 0 Å². The average Bonchev–Trinajstić information content (AvgIpc) is 2.27. The Morgan fingerprint density at radius 2 is 2.12 bits per heavy atom. The zero-order chi connectivity index (χ0) is 12.0. The largest absolute Gasteiger partial charge is 0.486 e. The van der Waals surface area contributed by atoms with Crippen LogP contribution in [0.25, 0.3) is 0 Å².